The Labute approximate surface area is 190 Å². The van der Waals surface area contributed by atoms with Crippen LogP contribution in [0, 0.1) is 0 Å². The van der Waals surface area contributed by atoms with Gasteiger partial charge in [-0.1, -0.05) is 0 Å². The van der Waals surface area contributed by atoms with Gasteiger partial charge in [-0.2, -0.15) is 0 Å². The summed E-state index contributed by atoms with van der Waals surface area (Å²) in [5.41, 5.74) is 1.64. The molecule has 8 nitrogen and oxygen atoms in total. The number of hydrogen-bond acceptors (Lipinski definition) is 6. The zero-order valence-corrected chi connectivity index (χ0v) is 18.9. The highest BCUT2D eigenvalue weighted by Gasteiger charge is 2.28. The predicted octanol–water partition coefficient (Wildman–Crippen LogP) is 3.02. The van der Waals surface area contributed by atoms with Gasteiger partial charge in [-0.25, -0.2) is 0 Å². The molecule has 0 saturated carbocycles. The molecule has 0 fully saturated rings. The van der Waals surface area contributed by atoms with Crippen LogP contribution in [0.3, 0.4) is 0 Å². The molecule has 0 spiro atoms. The Balaban J connectivity index is 1.52. The number of hydrogen-bond donors (Lipinski definition) is 1. The molecule has 2 aromatic carbocycles. The molecule has 168 valence electrons. The Hall–Kier alpha value is -3.20. The van der Waals surface area contributed by atoms with Crippen LogP contribution in [0.2, 0.25) is 0 Å². The van der Waals surface area contributed by atoms with E-state index < -0.39 is 0 Å². The minimum absolute atomic E-state index is 0.0958. The molecule has 2 aromatic rings. The van der Waals surface area contributed by atoms with Crippen LogP contribution in [0.4, 0.5) is 11.4 Å². The number of carbonyl (C=O) groups excluding carboxylic acids is 3. The summed E-state index contributed by atoms with van der Waals surface area (Å²) < 4.78 is 11.1. The molecule has 0 unspecified atom stereocenters. The first-order valence-corrected chi connectivity index (χ1v) is 11.5. The lowest BCUT2D eigenvalue weighted by atomic mass is 10.1. The summed E-state index contributed by atoms with van der Waals surface area (Å²) in [4.78, 5) is 42.2. The Morgan fingerprint density at radius 3 is 2.56 bits per heavy atom. The number of ether oxygens (including phenoxy) is 2. The van der Waals surface area contributed by atoms with Gasteiger partial charge in [0.25, 0.3) is 5.91 Å². The smallest absolute Gasteiger partial charge is 0.253 e. The summed E-state index contributed by atoms with van der Waals surface area (Å²) in [5.74, 6) is 0.844. The van der Waals surface area contributed by atoms with E-state index in [4.69, 9.17) is 9.47 Å². The van der Waals surface area contributed by atoms with Gasteiger partial charge in [-0.05, 0) is 44.2 Å². The van der Waals surface area contributed by atoms with Crippen molar-refractivity contribution in [3.8, 4) is 11.5 Å². The van der Waals surface area contributed by atoms with E-state index in [0.717, 1.165) is 4.90 Å². The Morgan fingerprint density at radius 2 is 1.81 bits per heavy atom. The van der Waals surface area contributed by atoms with E-state index in [9.17, 15) is 14.4 Å². The maximum Gasteiger partial charge on any atom is 0.253 e. The zero-order chi connectivity index (χ0) is 22.7. The Bertz CT molecular complexity index is 1050. The van der Waals surface area contributed by atoms with Crippen LogP contribution < -0.4 is 19.7 Å². The van der Waals surface area contributed by atoms with Crippen molar-refractivity contribution in [2.45, 2.75) is 18.7 Å². The van der Waals surface area contributed by atoms with E-state index in [0.29, 0.717) is 54.7 Å². The second-order valence-electron chi connectivity index (χ2n) is 7.34. The van der Waals surface area contributed by atoms with Crippen LogP contribution in [-0.2, 0) is 9.59 Å². The quantitative estimate of drug-likeness (QED) is 0.721. The van der Waals surface area contributed by atoms with Gasteiger partial charge in [0.1, 0.15) is 19.8 Å². The van der Waals surface area contributed by atoms with Crippen molar-refractivity contribution in [1.82, 2.24) is 4.90 Å². The van der Waals surface area contributed by atoms with E-state index in [2.05, 4.69) is 5.32 Å². The Morgan fingerprint density at radius 1 is 1.06 bits per heavy atom. The van der Waals surface area contributed by atoms with Crippen molar-refractivity contribution in [3.05, 3.63) is 42.0 Å². The Kier molecular flexibility index (Phi) is 6.55. The van der Waals surface area contributed by atoms with Gasteiger partial charge in [0.15, 0.2) is 11.5 Å². The van der Waals surface area contributed by atoms with E-state index in [-0.39, 0.29) is 30.0 Å². The second kappa shape index (κ2) is 9.52. The van der Waals surface area contributed by atoms with Gasteiger partial charge in [-0.15, -0.1) is 11.8 Å². The summed E-state index contributed by atoms with van der Waals surface area (Å²) in [6, 6.07) is 10.5. The third-order valence-corrected chi connectivity index (χ3v) is 6.37. The lowest BCUT2D eigenvalue weighted by Gasteiger charge is -2.29. The number of amides is 3. The van der Waals surface area contributed by atoms with Crippen LogP contribution in [-0.4, -0.2) is 61.2 Å². The van der Waals surface area contributed by atoms with Crippen molar-refractivity contribution in [2.24, 2.45) is 0 Å². The van der Waals surface area contributed by atoms with Gasteiger partial charge >= 0.3 is 0 Å². The largest absolute Gasteiger partial charge is 0.486 e. The first-order chi connectivity index (χ1) is 15.5. The number of thioether (sulfide) groups is 1. The molecule has 0 radical (unpaired) electrons. The lowest BCUT2D eigenvalue weighted by Crippen LogP contribution is -2.41. The van der Waals surface area contributed by atoms with Gasteiger partial charge in [0, 0.05) is 35.3 Å². The summed E-state index contributed by atoms with van der Waals surface area (Å²) in [6.07, 6.45) is 0. The average molecular weight is 456 g/mol. The number of carbonyl (C=O) groups is 3. The van der Waals surface area contributed by atoms with Gasteiger partial charge in [0.05, 0.1) is 11.4 Å². The van der Waals surface area contributed by atoms with Crippen molar-refractivity contribution in [1.29, 1.82) is 0 Å². The van der Waals surface area contributed by atoms with Gasteiger partial charge in [-0.3, -0.25) is 14.4 Å². The average Bonchev–Trinajstić information content (AvgIpc) is 2.81. The van der Waals surface area contributed by atoms with Crippen LogP contribution >= 0.6 is 11.8 Å². The monoisotopic (exact) mass is 455 g/mol. The van der Waals surface area contributed by atoms with Crippen LogP contribution in [0.25, 0.3) is 0 Å². The summed E-state index contributed by atoms with van der Waals surface area (Å²) in [6.45, 7) is 5.84. The molecule has 0 bridgehead atoms. The minimum Gasteiger partial charge on any atom is -0.486 e. The van der Waals surface area contributed by atoms with Crippen molar-refractivity contribution >= 4 is 40.9 Å². The molecule has 2 heterocycles. The highest BCUT2D eigenvalue weighted by Crippen LogP contribution is 2.36. The zero-order valence-electron chi connectivity index (χ0n) is 18.1. The molecule has 0 aromatic heterocycles. The summed E-state index contributed by atoms with van der Waals surface area (Å²) >= 11 is 1.41. The predicted molar refractivity (Wildman–Crippen MR) is 123 cm³/mol. The first kappa shape index (κ1) is 22.0. The van der Waals surface area contributed by atoms with Crippen LogP contribution in [0.15, 0.2) is 41.3 Å². The van der Waals surface area contributed by atoms with E-state index in [1.807, 2.05) is 19.9 Å². The van der Waals surface area contributed by atoms with E-state index in [1.54, 1.807) is 35.2 Å². The number of anilines is 2. The molecule has 0 saturated heterocycles. The van der Waals surface area contributed by atoms with E-state index in [1.165, 1.54) is 16.7 Å². The molecular weight excluding hydrogens is 430 g/mol. The van der Waals surface area contributed by atoms with Gasteiger partial charge < -0.3 is 24.6 Å². The minimum atomic E-state index is -0.339. The SMILES string of the molecule is CCN(CC)C(=O)c1ccc2c(c1)N(CC(=O)Nc1ccc3c(c1)OCCO3)C(=O)CS2. The molecule has 2 aliphatic rings. The maximum absolute atomic E-state index is 12.8. The molecule has 3 amide bonds. The van der Waals surface area contributed by atoms with Gasteiger partial charge in [0.2, 0.25) is 11.8 Å². The number of nitrogens with one attached hydrogen (secondary N) is 1. The molecule has 4 rings (SSSR count). The number of fused-ring (bicyclic) bond motifs is 2. The highest BCUT2D eigenvalue weighted by atomic mass is 32.2. The topological polar surface area (TPSA) is 88.2 Å². The normalized spacial score (nSPS) is 14.6. The second-order valence-corrected chi connectivity index (χ2v) is 8.35. The van der Waals surface area contributed by atoms with E-state index >= 15 is 0 Å². The highest BCUT2D eigenvalue weighted by molar-refractivity contribution is 8.00. The summed E-state index contributed by atoms with van der Waals surface area (Å²) in [5, 5.41) is 2.81. The molecule has 9 heteroatoms. The maximum atomic E-state index is 12.8. The molecule has 1 N–H and O–H groups in total. The first-order valence-electron chi connectivity index (χ1n) is 10.6. The van der Waals surface area contributed by atoms with Crippen molar-refractivity contribution in [3.63, 3.8) is 0 Å². The van der Waals surface area contributed by atoms with Crippen LogP contribution in [0.1, 0.15) is 24.2 Å². The van der Waals surface area contributed by atoms with Crippen molar-refractivity contribution < 1.29 is 23.9 Å². The fourth-order valence-electron chi connectivity index (χ4n) is 3.67. The number of benzene rings is 2. The van der Waals surface area contributed by atoms with Crippen molar-refractivity contribution in [2.75, 3.05) is 48.8 Å². The molecule has 0 atom stereocenters. The lowest BCUT2D eigenvalue weighted by molar-refractivity contribution is -0.120. The third kappa shape index (κ3) is 4.52. The third-order valence-electron chi connectivity index (χ3n) is 5.33. The molecule has 2 aliphatic heterocycles. The number of nitrogens with zero attached hydrogens (tertiary/aromatic N) is 2. The molecule has 0 aliphatic carbocycles. The fraction of sp³-hybridized carbons (Fsp3) is 0.348. The van der Waals surface area contributed by atoms with Crippen LogP contribution in [0.5, 0.6) is 11.5 Å². The standard InChI is InChI=1S/C23H25N3O5S/c1-3-25(4-2)23(29)15-5-8-20-17(11-15)26(22(28)14-32-20)13-21(27)24-16-6-7-18-19(12-16)31-10-9-30-18/h5-8,11-12H,3-4,9-10,13-14H2,1-2H3,(H,24,27). The fourth-order valence-corrected chi connectivity index (χ4v) is 4.58. The molecule has 32 heavy (non-hydrogen) atoms. The summed E-state index contributed by atoms with van der Waals surface area (Å²) in [7, 11) is 0. The molecular formula is C23H25N3O5S. The number of rotatable bonds is 6.